The van der Waals surface area contributed by atoms with Crippen molar-refractivity contribution in [3.05, 3.63) is 54.0 Å². The number of rotatable bonds is 3. The number of aliphatic hydroxyl groups excluding tert-OH is 1. The SMILES string of the molecule is CC(O)c1cccnc1Oc1ccccc1F. The molecular weight excluding hydrogens is 221 g/mol. The smallest absolute Gasteiger partial charge is 0.225 e. The molecule has 2 aromatic rings. The maximum atomic E-state index is 13.4. The molecule has 2 rings (SSSR count). The van der Waals surface area contributed by atoms with E-state index in [1.807, 2.05) is 0 Å². The first-order valence-corrected chi connectivity index (χ1v) is 5.24. The van der Waals surface area contributed by atoms with Crippen LogP contribution in [0.25, 0.3) is 0 Å². The number of aliphatic hydroxyl groups is 1. The van der Waals surface area contributed by atoms with Crippen molar-refractivity contribution in [3.63, 3.8) is 0 Å². The zero-order valence-electron chi connectivity index (χ0n) is 9.30. The van der Waals surface area contributed by atoms with Crippen molar-refractivity contribution >= 4 is 0 Å². The van der Waals surface area contributed by atoms with Gasteiger partial charge >= 0.3 is 0 Å². The minimum absolute atomic E-state index is 0.0908. The second-order valence-electron chi connectivity index (χ2n) is 3.61. The molecule has 1 unspecified atom stereocenters. The summed E-state index contributed by atoms with van der Waals surface area (Å²) in [4.78, 5) is 3.99. The lowest BCUT2D eigenvalue weighted by Gasteiger charge is -2.11. The second kappa shape index (κ2) is 4.93. The summed E-state index contributed by atoms with van der Waals surface area (Å²) in [5.74, 6) is -0.157. The van der Waals surface area contributed by atoms with Crippen molar-refractivity contribution < 1.29 is 14.2 Å². The van der Waals surface area contributed by atoms with E-state index >= 15 is 0 Å². The number of benzene rings is 1. The molecule has 0 saturated carbocycles. The zero-order chi connectivity index (χ0) is 12.3. The highest BCUT2D eigenvalue weighted by Gasteiger charge is 2.12. The molecule has 0 radical (unpaired) electrons. The van der Waals surface area contributed by atoms with E-state index in [0.29, 0.717) is 5.56 Å². The molecule has 17 heavy (non-hydrogen) atoms. The van der Waals surface area contributed by atoms with Crippen LogP contribution >= 0.6 is 0 Å². The summed E-state index contributed by atoms with van der Waals surface area (Å²) in [5, 5.41) is 9.54. The highest BCUT2D eigenvalue weighted by atomic mass is 19.1. The lowest BCUT2D eigenvalue weighted by Crippen LogP contribution is -1.98. The fourth-order valence-electron chi connectivity index (χ4n) is 1.44. The van der Waals surface area contributed by atoms with Crippen LogP contribution in [0, 0.1) is 5.82 Å². The van der Waals surface area contributed by atoms with Crippen LogP contribution in [0.2, 0.25) is 0 Å². The standard InChI is InChI=1S/C13H12FNO2/c1-9(16)10-5-4-8-15-13(10)17-12-7-3-2-6-11(12)14/h2-9,16H,1H3. The summed E-state index contributed by atoms with van der Waals surface area (Å²) in [6.07, 6.45) is 0.813. The van der Waals surface area contributed by atoms with Crippen molar-refractivity contribution in [3.8, 4) is 11.6 Å². The van der Waals surface area contributed by atoms with Gasteiger partial charge in [-0.3, -0.25) is 0 Å². The van der Waals surface area contributed by atoms with Gasteiger partial charge in [0.25, 0.3) is 0 Å². The van der Waals surface area contributed by atoms with Gasteiger partial charge in [0.1, 0.15) is 0 Å². The second-order valence-corrected chi connectivity index (χ2v) is 3.61. The largest absolute Gasteiger partial charge is 0.436 e. The van der Waals surface area contributed by atoms with Crippen molar-refractivity contribution in [2.75, 3.05) is 0 Å². The van der Waals surface area contributed by atoms with E-state index in [2.05, 4.69) is 4.98 Å². The molecule has 3 nitrogen and oxygen atoms in total. The molecule has 1 aromatic heterocycles. The third-order valence-electron chi connectivity index (χ3n) is 2.29. The van der Waals surface area contributed by atoms with Crippen LogP contribution in [0.15, 0.2) is 42.6 Å². The fourth-order valence-corrected chi connectivity index (χ4v) is 1.44. The Hall–Kier alpha value is -1.94. The highest BCUT2D eigenvalue weighted by Crippen LogP contribution is 2.28. The Morgan fingerprint density at radius 2 is 2.00 bits per heavy atom. The number of nitrogens with zero attached hydrogens (tertiary/aromatic N) is 1. The number of halogens is 1. The average molecular weight is 233 g/mol. The van der Waals surface area contributed by atoms with Crippen molar-refractivity contribution in [1.82, 2.24) is 4.98 Å². The Labute approximate surface area is 98.5 Å². The molecule has 1 atom stereocenters. The van der Waals surface area contributed by atoms with E-state index in [4.69, 9.17) is 4.74 Å². The molecular formula is C13H12FNO2. The van der Waals surface area contributed by atoms with E-state index in [1.54, 1.807) is 31.2 Å². The average Bonchev–Trinajstić information content (AvgIpc) is 2.32. The number of pyridine rings is 1. The molecule has 0 aliphatic carbocycles. The van der Waals surface area contributed by atoms with Crippen LogP contribution in [-0.4, -0.2) is 10.1 Å². The summed E-state index contributed by atoms with van der Waals surface area (Å²) in [6.45, 7) is 1.60. The van der Waals surface area contributed by atoms with Crippen LogP contribution in [0.1, 0.15) is 18.6 Å². The minimum atomic E-state index is -0.717. The van der Waals surface area contributed by atoms with E-state index in [-0.39, 0.29) is 11.6 Å². The van der Waals surface area contributed by atoms with Gasteiger partial charge in [0.2, 0.25) is 5.88 Å². The Bertz CT molecular complexity index is 514. The van der Waals surface area contributed by atoms with Crippen LogP contribution in [0.3, 0.4) is 0 Å². The van der Waals surface area contributed by atoms with E-state index in [1.165, 1.54) is 18.3 Å². The van der Waals surface area contributed by atoms with Gasteiger partial charge in [-0.25, -0.2) is 9.37 Å². The van der Waals surface area contributed by atoms with Gasteiger partial charge in [0.15, 0.2) is 11.6 Å². The number of hydrogen-bond acceptors (Lipinski definition) is 3. The molecule has 1 N–H and O–H groups in total. The maximum absolute atomic E-state index is 13.4. The summed E-state index contributed by atoms with van der Waals surface area (Å²) in [5.41, 5.74) is 0.524. The molecule has 4 heteroatoms. The zero-order valence-corrected chi connectivity index (χ0v) is 9.30. The van der Waals surface area contributed by atoms with Gasteiger partial charge in [0, 0.05) is 11.8 Å². The van der Waals surface area contributed by atoms with Gasteiger partial charge in [-0.2, -0.15) is 0 Å². The van der Waals surface area contributed by atoms with Crippen molar-refractivity contribution in [1.29, 1.82) is 0 Å². The first kappa shape index (κ1) is 11.5. The molecule has 0 saturated heterocycles. The molecule has 0 spiro atoms. The van der Waals surface area contributed by atoms with E-state index in [0.717, 1.165) is 0 Å². The van der Waals surface area contributed by atoms with Gasteiger partial charge < -0.3 is 9.84 Å². The number of hydrogen-bond donors (Lipinski definition) is 1. The topological polar surface area (TPSA) is 42.4 Å². The Morgan fingerprint density at radius 3 is 2.71 bits per heavy atom. The molecule has 1 heterocycles. The van der Waals surface area contributed by atoms with Gasteiger partial charge in [-0.15, -0.1) is 0 Å². The molecule has 0 aliphatic heterocycles. The van der Waals surface area contributed by atoms with E-state index in [9.17, 15) is 9.50 Å². The summed E-state index contributed by atoms with van der Waals surface area (Å²) in [6, 6.07) is 9.44. The normalized spacial score (nSPS) is 12.2. The first-order valence-electron chi connectivity index (χ1n) is 5.24. The Kier molecular flexibility index (Phi) is 3.35. The Morgan fingerprint density at radius 1 is 1.24 bits per heavy atom. The molecule has 88 valence electrons. The van der Waals surface area contributed by atoms with Crippen molar-refractivity contribution in [2.24, 2.45) is 0 Å². The maximum Gasteiger partial charge on any atom is 0.225 e. The van der Waals surface area contributed by atoms with Crippen LogP contribution < -0.4 is 4.74 Å². The number of aromatic nitrogens is 1. The van der Waals surface area contributed by atoms with Crippen LogP contribution in [0.5, 0.6) is 11.6 Å². The highest BCUT2D eigenvalue weighted by molar-refractivity contribution is 5.33. The molecule has 0 bridgehead atoms. The van der Waals surface area contributed by atoms with E-state index < -0.39 is 11.9 Å². The summed E-state index contributed by atoms with van der Waals surface area (Å²) in [7, 11) is 0. The van der Waals surface area contributed by atoms with Crippen LogP contribution in [0.4, 0.5) is 4.39 Å². The van der Waals surface area contributed by atoms with Gasteiger partial charge in [-0.1, -0.05) is 12.1 Å². The lowest BCUT2D eigenvalue weighted by molar-refractivity contribution is 0.194. The molecule has 0 aliphatic rings. The number of ether oxygens (including phenoxy) is 1. The third-order valence-corrected chi connectivity index (χ3v) is 2.29. The first-order chi connectivity index (χ1) is 8.18. The van der Waals surface area contributed by atoms with Crippen LogP contribution in [-0.2, 0) is 0 Å². The molecule has 0 amide bonds. The minimum Gasteiger partial charge on any atom is -0.436 e. The van der Waals surface area contributed by atoms with Crippen molar-refractivity contribution in [2.45, 2.75) is 13.0 Å². The molecule has 1 aromatic carbocycles. The van der Waals surface area contributed by atoms with Gasteiger partial charge in [0.05, 0.1) is 6.10 Å². The predicted molar refractivity (Wildman–Crippen MR) is 61.3 cm³/mol. The Balaban J connectivity index is 2.34. The monoisotopic (exact) mass is 233 g/mol. The summed E-state index contributed by atoms with van der Waals surface area (Å²) < 4.78 is 18.7. The van der Waals surface area contributed by atoms with Gasteiger partial charge in [-0.05, 0) is 31.2 Å². The summed E-state index contributed by atoms with van der Waals surface area (Å²) >= 11 is 0. The predicted octanol–water partition coefficient (Wildman–Crippen LogP) is 3.07. The number of para-hydroxylation sites is 1. The quantitative estimate of drug-likeness (QED) is 0.885. The molecule has 0 fully saturated rings. The lowest BCUT2D eigenvalue weighted by atomic mass is 10.2. The fraction of sp³-hybridized carbons (Fsp3) is 0.154. The third kappa shape index (κ3) is 2.60.